The maximum absolute atomic E-state index is 12.3. The minimum Gasteiger partial charge on any atom is -0.339 e. The zero-order valence-electron chi connectivity index (χ0n) is 11.1. The molecule has 0 aromatic rings. The first kappa shape index (κ1) is 13.3. The molecule has 5 heteroatoms. The predicted octanol–water partition coefficient (Wildman–Crippen LogP) is 0.195. The molecule has 102 valence electrons. The molecule has 2 saturated heterocycles. The van der Waals surface area contributed by atoms with E-state index in [1.807, 2.05) is 9.80 Å². The van der Waals surface area contributed by atoms with E-state index in [2.05, 4.69) is 6.92 Å². The summed E-state index contributed by atoms with van der Waals surface area (Å²) < 4.78 is 0. The van der Waals surface area contributed by atoms with Gasteiger partial charge in [-0.1, -0.05) is 13.3 Å². The van der Waals surface area contributed by atoms with E-state index < -0.39 is 0 Å². The number of rotatable bonds is 4. The van der Waals surface area contributed by atoms with Crippen LogP contribution in [0.1, 0.15) is 32.6 Å². The van der Waals surface area contributed by atoms with Gasteiger partial charge in [0.15, 0.2) is 0 Å². The molecule has 2 fully saturated rings. The van der Waals surface area contributed by atoms with Gasteiger partial charge >= 0.3 is 0 Å². The van der Waals surface area contributed by atoms with Gasteiger partial charge in [0.1, 0.15) is 0 Å². The molecule has 0 aromatic heterocycles. The fourth-order valence-electron chi connectivity index (χ4n) is 3.01. The number of amides is 2. The lowest BCUT2D eigenvalue weighted by molar-refractivity contribution is -0.142. The second-order valence-electron chi connectivity index (χ2n) is 5.29. The SMILES string of the molecule is CCCC(CN)C(=O)N1CCN2C(=O)CCC2C1. The van der Waals surface area contributed by atoms with Crippen LogP contribution in [-0.2, 0) is 9.59 Å². The lowest BCUT2D eigenvalue weighted by atomic mass is 10.0. The van der Waals surface area contributed by atoms with Crippen LogP contribution in [-0.4, -0.2) is 53.8 Å². The van der Waals surface area contributed by atoms with Gasteiger partial charge in [-0.2, -0.15) is 0 Å². The molecule has 2 rings (SSSR count). The summed E-state index contributed by atoms with van der Waals surface area (Å²) in [5, 5.41) is 0. The maximum Gasteiger partial charge on any atom is 0.227 e. The Bertz CT molecular complexity index is 332. The molecule has 0 radical (unpaired) electrons. The summed E-state index contributed by atoms with van der Waals surface area (Å²) in [4.78, 5) is 27.8. The summed E-state index contributed by atoms with van der Waals surface area (Å²) in [7, 11) is 0. The van der Waals surface area contributed by atoms with Gasteiger partial charge in [0, 0.05) is 38.6 Å². The fraction of sp³-hybridized carbons (Fsp3) is 0.846. The minimum absolute atomic E-state index is 0.0429. The molecule has 2 unspecified atom stereocenters. The maximum atomic E-state index is 12.3. The zero-order chi connectivity index (χ0) is 13.1. The van der Waals surface area contributed by atoms with Crippen LogP contribution in [0.3, 0.4) is 0 Å². The van der Waals surface area contributed by atoms with Crippen LogP contribution in [0.25, 0.3) is 0 Å². The normalized spacial score (nSPS) is 25.2. The van der Waals surface area contributed by atoms with Crippen LogP contribution in [0.4, 0.5) is 0 Å². The van der Waals surface area contributed by atoms with E-state index in [1.54, 1.807) is 0 Å². The number of hydrogen-bond acceptors (Lipinski definition) is 3. The molecule has 0 saturated carbocycles. The molecule has 2 amide bonds. The molecule has 0 aliphatic carbocycles. The standard InChI is InChI=1S/C13H23N3O2/c1-2-3-10(8-14)13(18)15-6-7-16-11(9-15)4-5-12(16)17/h10-11H,2-9,14H2,1H3. The van der Waals surface area contributed by atoms with Crippen LogP contribution in [0.5, 0.6) is 0 Å². The highest BCUT2D eigenvalue weighted by Gasteiger charge is 2.37. The molecule has 0 aromatic carbocycles. The van der Waals surface area contributed by atoms with Crippen molar-refractivity contribution in [3.05, 3.63) is 0 Å². The van der Waals surface area contributed by atoms with Crippen molar-refractivity contribution in [1.82, 2.24) is 9.80 Å². The smallest absolute Gasteiger partial charge is 0.227 e. The first-order chi connectivity index (χ1) is 8.67. The molecular weight excluding hydrogens is 230 g/mol. The summed E-state index contributed by atoms with van der Waals surface area (Å²) in [5.41, 5.74) is 5.68. The summed E-state index contributed by atoms with van der Waals surface area (Å²) in [6, 6.07) is 0.246. The molecule has 18 heavy (non-hydrogen) atoms. The third-order valence-corrected chi connectivity index (χ3v) is 4.08. The number of fused-ring (bicyclic) bond motifs is 1. The van der Waals surface area contributed by atoms with Crippen LogP contribution >= 0.6 is 0 Å². The van der Waals surface area contributed by atoms with Gasteiger partial charge in [0.2, 0.25) is 11.8 Å². The minimum atomic E-state index is -0.0429. The molecular formula is C13H23N3O2. The summed E-state index contributed by atoms with van der Waals surface area (Å²) in [6.45, 7) is 4.56. The highest BCUT2D eigenvalue weighted by Crippen LogP contribution is 2.24. The van der Waals surface area contributed by atoms with Gasteiger partial charge < -0.3 is 15.5 Å². The van der Waals surface area contributed by atoms with Crippen LogP contribution in [0, 0.1) is 5.92 Å². The van der Waals surface area contributed by atoms with Crippen molar-refractivity contribution < 1.29 is 9.59 Å². The van der Waals surface area contributed by atoms with Crippen molar-refractivity contribution in [2.45, 2.75) is 38.6 Å². The Kier molecular flexibility index (Phi) is 4.22. The number of nitrogens with two attached hydrogens (primary N) is 1. The zero-order valence-corrected chi connectivity index (χ0v) is 11.1. The number of hydrogen-bond donors (Lipinski definition) is 1. The van der Waals surface area contributed by atoms with E-state index in [0.717, 1.165) is 19.3 Å². The van der Waals surface area contributed by atoms with Crippen LogP contribution in [0.15, 0.2) is 0 Å². The van der Waals surface area contributed by atoms with Crippen molar-refractivity contribution in [3.63, 3.8) is 0 Å². The van der Waals surface area contributed by atoms with Gasteiger partial charge in [0.05, 0.1) is 5.92 Å². The van der Waals surface area contributed by atoms with Gasteiger partial charge in [-0.3, -0.25) is 9.59 Å². The Morgan fingerprint density at radius 1 is 1.50 bits per heavy atom. The average molecular weight is 253 g/mol. The summed E-state index contributed by atoms with van der Waals surface area (Å²) >= 11 is 0. The van der Waals surface area contributed by atoms with Gasteiger partial charge in [-0.05, 0) is 12.8 Å². The van der Waals surface area contributed by atoms with E-state index in [9.17, 15) is 9.59 Å². The van der Waals surface area contributed by atoms with Crippen molar-refractivity contribution >= 4 is 11.8 Å². The molecule has 2 aliphatic heterocycles. The van der Waals surface area contributed by atoms with Crippen molar-refractivity contribution in [1.29, 1.82) is 0 Å². The fourth-order valence-corrected chi connectivity index (χ4v) is 3.01. The molecule has 2 heterocycles. The van der Waals surface area contributed by atoms with E-state index >= 15 is 0 Å². The second-order valence-corrected chi connectivity index (χ2v) is 5.29. The Morgan fingerprint density at radius 2 is 2.28 bits per heavy atom. The third-order valence-electron chi connectivity index (χ3n) is 4.08. The van der Waals surface area contributed by atoms with Crippen LogP contribution < -0.4 is 5.73 Å². The van der Waals surface area contributed by atoms with E-state index in [4.69, 9.17) is 5.73 Å². The lowest BCUT2D eigenvalue weighted by Crippen LogP contribution is -2.54. The number of nitrogens with zero attached hydrogens (tertiary/aromatic N) is 2. The van der Waals surface area contributed by atoms with E-state index in [1.165, 1.54) is 0 Å². The monoisotopic (exact) mass is 253 g/mol. The second kappa shape index (κ2) is 5.69. The quantitative estimate of drug-likeness (QED) is 0.778. The molecule has 2 N–H and O–H groups in total. The Labute approximate surface area is 108 Å². The Balaban J connectivity index is 1.94. The van der Waals surface area contributed by atoms with Crippen molar-refractivity contribution in [3.8, 4) is 0 Å². The predicted molar refractivity (Wildman–Crippen MR) is 68.8 cm³/mol. The Hall–Kier alpha value is -1.10. The largest absolute Gasteiger partial charge is 0.339 e. The lowest BCUT2D eigenvalue weighted by Gasteiger charge is -2.38. The first-order valence-corrected chi connectivity index (χ1v) is 6.95. The third kappa shape index (κ3) is 2.51. The van der Waals surface area contributed by atoms with Crippen molar-refractivity contribution in [2.75, 3.05) is 26.2 Å². The summed E-state index contributed by atoms with van der Waals surface area (Å²) in [5.74, 6) is 0.382. The van der Waals surface area contributed by atoms with E-state index in [0.29, 0.717) is 32.6 Å². The van der Waals surface area contributed by atoms with E-state index in [-0.39, 0.29) is 23.8 Å². The highest BCUT2D eigenvalue weighted by atomic mass is 16.2. The summed E-state index contributed by atoms with van der Waals surface area (Å²) in [6.07, 6.45) is 3.38. The average Bonchev–Trinajstić information content (AvgIpc) is 2.76. The van der Waals surface area contributed by atoms with Crippen molar-refractivity contribution in [2.24, 2.45) is 11.7 Å². The number of piperazine rings is 1. The first-order valence-electron chi connectivity index (χ1n) is 6.95. The molecule has 0 bridgehead atoms. The molecule has 2 atom stereocenters. The Morgan fingerprint density at radius 3 is 2.94 bits per heavy atom. The molecule has 2 aliphatic rings. The van der Waals surface area contributed by atoms with Gasteiger partial charge in [-0.25, -0.2) is 0 Å². The molecule has 5 nitrogen and oxygen atoms in total. The molecule has 0 spiro atoms. The number of carbonyl (C=O) groups is 2. The van der Waals surface area contributed by atoms with Crippen LogP contribution in [0.2, 0.25) is 0 Å². The van der Waals surface area contributed by atoms with Gasteiger partial charge in [0.25, 0.3) is 0 Å². The number of carbonyl (C=O) groups excluding carboxylic acids is 2. The topological polar surface area (TPSA) is 66.6 Å². The van der Waals surface area contributed by atoms with Gasteiger partial charge in [-0.15, -0.1) is 0 Å². The highest BCUT2D eigenvalue weighted by molar-refractivity contribution is 5.81.